The van der Waals surface area contributed by atoms with Gasteiger partial charge in [-0.05, 0) is 23.8 Å². The van der Waals surface area contributed by atoms with Crippen LogP contribution in [0.25, 0.3) is 0 Å². The fourth-order valence-corrected chi connectivity index (χ4v) is 2.16. The van der Waals surface area contributed by atoms with Gasteiger partial charge in [0, 0.05) is 18.1 Å². The van der Waals surface area contributed by atoms with E-state index in [0.717, 1.165) is 0 Å². The lowest BCUT2D eigenvalue weighted by molar-refractivity contribution is -0.146. The molecule has 1 atom stereocenters. The highest BCUT2D eigenvalue weighted by atomic mass is 35.5. The van der Waals surface area contributed by atoms with E-state index in [0.29, 0.717) is 10.6 Å². The number of rotatable bonds is 3. The van der Waals surface area contributed by atoms with Crippen LogP contribution in [0.2, 0.25) is 5.02 Å². The second-order valence-corrected chi connectivity index (χ2v) is 4.71. The molecule has 1 aromatic rings. The fraction of sp³-hybridized carbons (Fsp3) is 0.333. The maximum Gasteiger partial charge on any atom is 0.322 e. The van der Waals surface area contributed by atoms with E-state index in [1.54, 1.807) is 0 Å². The van der Waals surface area contributed by atoms with E-state index in [4.69, 9.17) is 16.7 Å². The Balaban J connectivity index is 2.20. The number of carboxylic acid groups (broad SMARTS) is 1. The second kappa shape index (κ2) is 5.54. The Morgan fingerprint density at radius 2 is 2.32 bits per heavy atom. The average molecular weight is 287 g/mol. The van der Waals surface area contributed by atoms with Crippen molar-refractivity contribution >= 4 is 23.5 Å². The molecule has 1 unspecified atom stereocenters. The van der Waals surface area contributed by atoms with Crippen molar-refractivity contribution in [3.63, 3.8) is 0 Å². The molecule has 0 bridgehead atoms. The Morgan fingerprint density at radius 3 is 3.00 bits per heavy atom. The maximum atomic E-state index is 13.2. The lowest BCUT2D eigenvalue weighted by Crippen LogP contribution is -2.56. The molecule has 0 aliphatic carbocycles. The molecule has 1 aromatic carbocycles. The molecule has 0 radical (unpaired) electrons. The summed E-state index contributed by atoms with van der Waals surface area (Å²) in [7, 11) is 0. The number of piperazine rings is 1. The maximum absolute atomic E-state index is 13.2. The summed E-state index contributed by atoms with van der Waals surface area (Å²) in [6.45, 7) is 0.0892. The number of aliphatic carboxylic acids is 1. The van der Waals surface area contributed by atoms with Gasteiger partial charge in [0.1, 0.15) is 11.9 Å². The van der Waals surface area contributed by atoms with Gasteiger partial charge in [0.25, 0.3) is 0 Å². The highest BCUT2D eigenvalue weighted by Crippen LogP contribution is 2.20. The van der Waals surface area contributed by atoms with Gasteiger partial charge in [-0.25, -0.2) is 4.39 Å². The Morgan fingerprint density at radius 1 is 1.58 bits per heavy atom. The van der Waals surface area contributed by atoms with Crippen molar-refractivity contribution in [3.8, 4) is 0 Å². The van der Waals surface area contributed by atoms with Crippen molar-refractivity contribution in [2.24, 2.45) is 0 Å². The van der Waals surface area contributed by atoms with Crippen molar-refractivity contribution in [1.82, 2.24) is 10.2 Å². The summed E-state index contributed by atoms with van der Waals surface area (Å²) in [5, 5.41) is 11.9. The average Bonchev–Trinajstić information content (AvgIpc) is 2.33. The molecule has 1 heterocycles. The summed E-state index contributed by atoms with van der Waals surface area (Å²) in [5.41, 5.74) is 0.461. The summed E-state index contributed by atoms with van der Waals surface area (Å²) in [5.74, 6) is -1.75. The summed E-state index contributed by atoms with van der Waals surface area (Å²) in [6.07, 6.45) is 0. The number of benzene rings is 1. The number of hydrogen-bond acceptors (Lipinski definition) is 3. The second-order valence-electron chi connectivity index (χ2n) is 4.30. The van der Waals surface area contributed by atoms with Crippen molar-refractivity contribution in [2.45, 2.75) is 12.6 Å². The number of nitrogens with one attached hydrogen (secondary N) is 1. The first-order chi connectivity index (χ1) is 8.97. The number of carbonyl (C=O) groups excluding carboxylic acids is 1. The molecule has 7 heteroatoms. The highest BCUT2D eigenvalue weighted by molar-refractivity contribution is 6.31. The molecular formula is C12H12ClFN2O3. The lowest BCUT2D eigenvalue weighted by atomic mass is 10.1. The topological polar surface area (TPSA) is 69.6 Å². The SMILES string of the molecule is O=C1CN(Cc2cc(F)ccc2Cl)C(C(=O)O)CN1. The minimum atomic E-state index is -1.03. The quantitative estimate of drug-likeness (QED) is 0.865. The minimum Gasteiger partial charge on any atom is -0.480 e. The number of hydrogen-bond donors (Lipinski definition) is 2. The largest absolute Gasteiger partial charge is 0.480 e. The zero-order valence-corrected chi connectivity index (χ0v) is 10.7. The van der Waals surface area contributed by atoms with E-state index >= 15 is 0 Å². The first-order valence-electron chi connectivity index (χ1n) is 5.65. The van der Waals surface area contributed by atoms with Crippen molar-refractivity contribution < 1.29 is 19.1 Å². The molecule has 1 saturated heterocycles. The lowest BCUT2D eigenvalue weighted by Gasteiger charge is -2.32. The van der Waals surface area contributed by atoms with Gasteiger partial charge in [0.15, 0.2) is 0 Å². The molecule has 2 N–H and O–H groups in total. The van der Waals surface area contributed by atoms with Gasteiger partial charge in [-0.1, -0.05) is 11.6 Å². The summed E-state index contributed by atoms with van der Waals surface area (Å²) >= 11 is 5.94. The van der Waals surface area contributed by atoms with Crippen LogP contribution in [0.15, 0.2) is 18.2 Å². The monoisotopic (exact) mass is 286 g/mol. The first-order valence-corrected chi connectivity index (χ1v) is 6.02. The van der Waals surface area contributed by atoms with Crippen LogP contribution >= 0.6 is 11.6 Å². The van der Waals surface area contributed by atoms with E-state index in [-0.39, 0.29) is 25.5 Å². The van der Waals surface area contributed by atoms with Crippen LogP contribution in [0.4, 0.5) is 4.39 Å². The van der Waals surface area contributed by atoms with Crippen molar-refractivity contribution in [3.05, 3.63) is 34.6 Å². The van der Waals surface area contributed by atoms with Gasteiger partial charge in [0.2, 0.25) is 5.91 Å². The molecule has 19 heavy (non-hydrogen) atoms. The van der Waals surface area contributed by atoms with Gasteiger partial charge in [0.05, 0.1) is 6.54 Å². The Labute approximate surface area is 114 Å². The minimum absolute atomic E-state index is 0.0289. The zero-order valence-electron chi connectivity index (χ0n) is 9.90. The molecule has 2 rings (SSSR count). The third-order valence-corrected chi connectivity index (χ3v) is 3.32. The summed E-state index contributed by atoms with van der Waals surface area (Å²) in [6, 6.07) is 3.04. The van der Waals surface area contributed by atoms with Crippen molar-refractivity contribution in [2.75, 3.05) is 13.1 Å². The molecule has 1 aliphatic rings. The Hall–Kier alpha value is -1.66. The molecule has 0 spiro atoms. The van der Waals surface area contributed by atoms with Crippen LogP contribution in [0.5, 0.6) is 0 Å². The molecule has 1 fully saturated rings. The van der Waals surface area contributed by atoms with Crippen LogP contribution < -0.4 is 5.32 Å². The third-order valence-electron chi connectivity index (χ3n) is 2.95. The number of amides is 1. The normalized spacial score (nSPS) is 20.1. The van der Waals surface area contributed by atoms with Gasteiger partial charge in [-0.2, -0.15) is 0 Å². The van der Waals surface area contributed by atoms with Crippen molar-refractivity contribution in [1.29, 1.82) is 0 Å². The molecule has 1 amide bonds. The predicted octanol–water partition coefficient (Wildman–Crippen LogP) is 0.864. The number of carbonyl (C=O) groups is 2. The number of halogens is 2. The van der Waals surface area contributed by atoms with E-state index in [1.165, 1.54) is 23.1 Å². The molecule has 0 aromatic heterocycles. The van der Waals surface area contributed by atoms with Gasteiger partial charge < -0.3 is 10.4 Å². The molecule has 5 nitrogen and oxygen atoms in total. The van der Waals surface area contributed by atoms with Crippen LogP contribution in [-0.4, -0.2) is 41.0 Å². The Bertz CT molecular complexity index is 524. The molecule has 1 aliphatic heterocycles. The fourth-order valence-electron chi connectivity index (χ4n) is 1.98. The summed E-state index contributed by atoms with van der Waals surface area (Å²) < 4.78 is 13.2. The Kier molecular flexibility index (Phi) is 4.01. The number of nitrogens with zero attached hydrogens (tertiary/aromatic N) is 1. The van der Waals surface area contributed by atoms with E-state index < -0.39 is 17.8 Å². The first kappa shape index (κ1) is 13.8. The highest BCUT2D eigenvalue weighted by Gasteiger charge is 2.32. The van der Waals surface area contributed by atoms with Crippen LogP contribution in [0.3, 0.4) is 0 Å². The van der Waals surface area contributed by atoms with E-state index in [1.807, 2.05) is 0 Å². The zero-order chi connectivity index (χ0) is 14.0. The summed E-state index contributed by atoms with van der Waals surface area (Å²) in [4.78, 5) is 23.9. The number of carboxylic acids is 1. The van der Waals surface area contributed by atoms with Gasteiger partial charge >= 0.3 is 5.97 Å². The smallest absolute Gasteiger partial charge is 0.322 e. The molecular weight excluding hydrogens is 275 g/mol. The standard InChI is InChI=1S/C12H12ClFN2O3/c13-9-2-1-8(14)3-7(9)5-16-6-11(17)15-4-10(16)12(18)19/h1-3,10H,4-6H2,(H,15,17)(H,18,19). The molecule has 0 saturated carbocycles. The van der Waals surface area contributed by atoms with E-state index in [2.05, 4.69) is 5.32 Å². The predicted molar refractivity (Wildman–Crippen MR) is 66.3 cm³/mol. The van der Waals surface area contributed by atoms with Gasteiger partial charge in [-0.3, -0.25) is 14.5 Å². The van der Waals surface area contributed by atoms with Crippen LogP contribution in [0, 0.1) is 5.82 Å². The van der Waals surface area contributed by atoms with E-state index in [9.17, 15) is 14.0 Å². The van der Waals surface area contributed by atoms with Crippen LogP contribution in [-0.2, 0) is 16.1 Å². The van der Waals surface area contributed by atoms with Gasteiger partial charge in [-0.15, -0.1) is 0 Å². The van der Waals surface area contributed by atoms with Crippen LogP contribution in [0.1, 0.15) is 5.56 Å². The molecule has 102 valence electrons. The third kappa shape index (κ3) is 3.21.